The highest BCUT2D eigenvalue weighted by Crippen LogP contribution is 2.53. The van der Waals surface area contributed by atoms with E-state index in [0.717, 1.165) is 16.5 Å². The number of hydrogen-bond acceptors (Lipinski definition) is 4. The maximum Gasteiger partial charge on any atom is 0.169 e. The first kappa shape index (κ1) is 28.3. The summed E-state index contributed by atoms with van der Waals surface area (Å²) >= 11 is 0. The molecule has 3 aromatic rings. The molecule has 2 aliphatic heterocycles. The minimum Gasteiger partial charge on any atom is -0.491 e. The van der Waals surface area contributed by atoms with Crippen molar-refractivity contribution in [2.24, 2.45) is 0 Å². The number of para-hydroxylation sites is 1. The third-order valence-electron chi connectivity index (χ3n) is 8.24. The molecule has 9 heteroatoms. The molecule has 1 fully saturated rings. The fraction of sp³-hybridized carbons (Fsp3) is 0.533. The van der Waals surface area contributed by atoms with Gasteiger partial charge in [-0.25, -0.2) is 13.2 Å². The number of benzene rings is 2. The Bertz CT molecular complexity index is 1330. The van der Waals surface area contributed by atoms with E-state index in [-0.39, 0.29) is 48.5 Å². The monoisotopic (exact) mass is 564 g/mol. The van der Waals surface area contributed by atoms with E-state index in [2.05, 4.69) is 38.3 Å². The molecule has 1 aromatic heterocycles. The molecule has 2 atom stereocenters. The van der Waals surface area contributed by atoms with E-state index in [9.17, 15) is 0 Å². The van der Waals surface area contributed by atoms with Gasteiger partial charge in [-0.2, -0.15) is 0 Å². The van der Waals surface area contributed by atoms with Gasteiger partial charge in [-0.3, -0.25) is 4.90 Å². The molecular formula is C30H39F3N2O3S. The summed E-state index contributed by atoms with van der Waals surface area (Å²) < 4.78 is 63.9. The van der Waals surface area contributed by atoms with E-state index < -0.39 is 33.7 Å². The largest absolute Gasteiger partial charge is 0.491 e. The number of H-pyrrole nitrogens is 1. The SMILES string of the molecule is C[C@@H]1Cc2c([nH]c3ccccc23)C(c2c(F)cc(OCCOS(C)(C)C(C)(C)C)cc2F)N1CC1(F)COC1. The van der Waals surface area contributed by atoms with Crippen molar-refractivity contribution in [1.29, 1.82) is 0 Å². The predicted molar refractivity (Wildman–Crippen MR) is 152 cm³/mol. The Hall–Kier alpha value is -2.20. The van der Waals surface area contributed by atoms with Gasteiger partial charge in [0.15, 0.2) is 5.67 Å². The molecule has 5 nitrogen and oxygen atoms in total. The molecule has 0 bridgehead atoms. The molecule has 1 N–H and O–H groups in total. The number of fused-ring (bicyclic) bond motifs is 3. The first-order valence-electron chi connectivity index (χ1n) is 13.4. The summed E-state index contributed by atoms with van der Waals surface area (Å²) in [5, 5.41) is 1.02. The summed E-state index contributed by atoms with van der Waals surface area (Å²) in [6.07, 6.45) is 4.82. The van der Waals surface area contributed by atoms with Crippen LogP contribution in [0.1, 0.15) is 50.6 Å². The average molecular weight is 565 g/mol. The maximum atomic E-state index is 15.8. The number of aromatic nitrogens is 1. The van der Waals surface area contributed by atoms with Crippen LogP contribution in [0.2, 0.25) is 0 Å². The lowest BCUT2D eigenvalue weighted by Crippen LogP contribution is -2.57. The molecule has 0 aliphatic carbocycles. The van der Waals surface area contributed by atoms with E-state index >= 15 is 13.2 Å². The van der Waals surface area contributed by atoms with Crippen molar-refractivity contribution in [3.05, 3.63) is 64.9 Å². The number of rotatable bonds is 8. The fourth-order valence-corrected chi connectivity index (χ4v) is 6.13. The Balaban J connectivity index is 1.45. The Morgan fingerprint density at radius 3 is 2.38 bits per heavy atom. The molecular weight excluding hydrogens is 525 g/mol. The summed E-state index contributed by atoms with van der Waals surface area (Å²) in [7, 11) is -1.33. The zero-order valence-electron chi connectivity index (χ0n) is 23.6. The number of nitrogens with one attached hydrogen (secondary N) is 1. The van der Waals surface area contributed by atoms with Crippen LogP contribution in [0.4, 0.5) is 13.2 Å². The minimum atomic E-state index is -1.55. The highest BCUT2D eigenvalue weighted by Gasteiger charge is 2.46. The second kappa shape index (κ2) is 10.3. The highest BCUT2D eigenvalue weighted by molar-refractivity contribution is 8.29. The van der Waals surface area contributed by atoms with Crippen molar-refractivity contribution >= 4 is 21.2 Å². The topological polar surface area (TPSA) is 46.7 Å². The highest BCUT2D eigenvalue weighted by atomic mass is 32.3. The van der Waals surface area contributed by atoms with Gasteiger partial charge in [-0.15, -0.1) is 10.3 Å². The van der Waals surface area contributed by atoms with E-state index in [1.165, 1.54) is 12.1 Å². The zero-order valence-corrected chi connectivity index (χ0v) is 24.4. The summed E-state index contributed by atoms with van der Waals surface area (Å²) in [6, 6.07) is 9.30. The lowest BCUT2D eigenvalue weighted by Gasteiger charge is -2.46. The molecule has 214 valence electrons. The molecule has 0 saturated carbocycles. The second-order valence-corrected chi connectivity index (χ2v) is 16.1. The van der Waals surface area contributed by atoms with Crippen LogP contribution in [0.25, 0.3) is 10.9 Å². The van der Waals surface area contributed by atoms with Gasteiger partial charge in [0, 0.05) is 51.6 Å². The first-order chi connectivity index (χ1) is 18.3. The molecule has 0 amide bonds. The molecule has 39 heavy (non-hydrogen) atoms. The van der Waals surface area contributed by atoms with E-state index in [4.69, 9.17) is 13.7 Å². The number of ether oxygens (including phenoxy) is 2. The third kappa shape index (κ3) is 5.43. The van der Waals surface area contributed by atoms with E-state index in [0.29, 0.717) is 18.7 Å². The number of hydrogen-bond donors (Lipinski definition) is 1. The van der Waals surface area contributed by atoms with Crippen molar-refractivity contribution in [3.8, 4) is 5.75 Å². The van der Waals surface area contributed by atoms with Gasteiger partial charge in [0.1, 0.15) is 24.0 Å². The van der Waals surface area contributed by atoms with Crippen molar-refractivity contribution in [2.45, 2.75) is 56.6 Å². The van der Waals surface area contributed by atoms with Crippen LogP contribution in [-0.4, -0.2) is 71.8 Å². The normalized spacial score (nSPS) is 22.0. The van der Waals surface area contributed by atoms with Gasteiger partial charge in [0.05, 0.1) is 25.9 Å². The molecule has 2 aromatic carbocycles. The predicted octanol–water partition coefficient (Wildman–Crippen LogP) is 6.69. The maximum absolute atomic E-state index is 15.8. The van der Waals surface area contributed by atoms with Crippen LogP contribution in [0.15, 0.2) is 36.4 Å². The van der Waals surface area contributed by atoms with Crippen molar-refractivity contribution in [1.82, 2.24) is 9.88 Å². The van der Waals surface area contributed by atoms with Gasteiger partial charge in [0.2, 0.25) is 0 Å². The van der Waals surface area contributed by atoms with Crippen molar-refractivity contribution in [2.75, 3.05) is 45.5 Å². The minimum absolute atomic E-state index is 0.00113. The van der Waals surface area contributed by atoms with Crippen LogP contribution in [0.3, 0.4) is 0 Å². The summed E-state index contributed by atoms with van der Waals surface area (Å²) in [4.78, 5) is 5.27. The van der Waals surface area contributed by atoms with Crippen molar-refractivity contribution < 1.29 is 26.8 Å². The summed E-state index contributed by atoms with van der Waals surface area (Å²) in [5.41, 5.74) is 0.946. The van der Waals surface area contributed by atoms with Gasteiger partial charge in [-0.05, 0) is 37.5 Å². The summed E-state index contributed by atoms with van der Waals surface area (Å²) in [5.74, 6) is -1.35. The standard InChI is InChI=1S/C30H39F3N2O3S/c1-19-13-22-21-9-7-8-10-25(21)34-27(22)28(35(19)16-30(33)17-36-18-30)26-23(31)14-20(15-24(26)32)37-11-12-38-39(5,6)29(2,3)4/h7-10,14-15,19,28,34H,11-13,16-18H2,1-6H3/t19-,28?/m1/s1. The van der Waals surface area contributed by atoms with Crippen LogP contribution in [0.5, 0.6) is 5.75 Å². The molecule has 0 radical (unpaired) electrons. The zero-order chi connectivity index (χ0) is 28.2. The fourth-order valence-electron chi connectivity index (χ4n) is 5.29. The Morgan fingerprint density at radius 2 is 1.77 bits per heavy atom. The average Bonchev–Trinajstić information content (AvgIpc) is 3.19. The molecule has 3 heterocycles. The lowest BCUT2D eigenvalue weighted by atomic mass is 9.86. The van der Waals surface area contributed by atoms with Crippen LogP contribution in [0, 0.1) is 11.6 Å². The van der Waals surface area contributed by atoms with Crippen LogP contribution < -0.4 is 4.74 Å². The molecule has 0 spiro atoms. The molecule has 1 saturated heterocycles. The number of alkyl halides is 1. The van der Waals surface area contributed by atoms with Crippen LogP contribution in [-0.2, 0) is 15.3 Å². The van der Waals surface area contributed by atoms with Crippen molar-refractivity contribution in [3.63, 3.8) is 0 Å². The van der Waals surface area contributed by atoms with Gasteiger partial charge < -0.3 is 18.6 Å². The smallest absolute Gasteiger partial charge is 0.169 e. The van der Waals surface area contributed by atoms with Crippen LogP contribution >= 0.6 is 10.3 Å². The third-order valence-corrected chi connectivity index (χ3v) is 11.9. The van der Waals surface area contributed by atoms with Gasteiger partial charge in [-0.1, -0.05) is 39.0 Å². The summed E-state index contributed by atoms with van der Waals surface area (Å²) in [6.45, 7) is 8.84. The Kier molecular flexibility index (Phi) is 7.50. The first-order valence-corrected chi connectivity index (χ1v) is 15.8. The lowest BCUT2D eigenvalue weighted by molar-refractivity contribution is -0.148. The molecule has 5 rings (SSSR count). The quantitative estimate of drug-likeness (QED) is 0.310. The number of halogens is 3. The van der Waals surface area contributed by atoms with Gasteiger partial charge >= 0.3 is 0 Å². The number of aromatic amines is 1. The number of nitrogens with zero attached hydrogens (tertiary/aromatic N) is 1. The Labute approximate surface area is 230 Å². The molecule has 1 unspecified atom stereocenters. The second-order valence-electron chi connectivity index (χ2n) is 12.2. The molecule has 2 aliphatic rings. The van der Waals surface area contributed by atoms with Gasteiger partial charge in [0.25, 0.3) is 0 Å². The van der Waals surface area contributed by atoms with E-state index in [1.807, 2.05) is 36.1 Å². The Morgan fingerprint density at radius 1 is 1.10 bits per heavy atom. The van der Waals surface area contributed by atoms with E-state index in [1.54, 1.807) is 0 Å².